The Morgan fingerprint density at radius 1 is 0.953 bits per heavy atom. The first-order chi connectivity index (χ1) is 20.8. The topological polar surface area (TPSA) is 86.8 Å². The minimum atomic E-state index is -2.90. The molecule has 5 heterocycles. The van der Waals surface area contributed by atoms with Gasteiger partial charge in [0.05, 0.1) is 16.9 Å². The molecule has 7 nitrogen and oxygen atoms in total. The van der Waals surface area contributed by atoms with Gasteiger partial charge in [-0.1, -0.05) is 50.3 Å². The van der Waals surface area contributed by atoms with Gasteiger partial charge in [-0.05, 0) is 82.8 Å². The maximum Gasteiger partial charge on any atom is 0.276 e. The molecule has 1 saturated carbocycles. The first-order valence-electron chi connectivity index (χ1n) is 16.1. The minimum absolute atomic E-state index is 0.0591. The van der Waals surface area contributed by atoms with Crippen molar-refractivity contribution in [2.75, 3.05) is 25.0 Å². The monoisotopic (exact) mass is 588 g/mol. The number of pyridine rings is 1. The Kier molecular flexibility index (Phi) is 8.50. The predicted molar refractivity (Wildman–Crippen MR) is 164 cm³/mol. The molecule has 43 heavy (non-hydrogen) atoms. The number of benzene rings is 1. The number of hydrogen-bond donors (Lipinski definition) is 1. The second-order valence-corrected chi connectivity index (χ2v) is 12.9. The zero-order valence-electron chi connectivity index (χ0n) is 25.1. The van der Waals surface area contributed by atoms with Crippen LogP contribution in [0.3, 0.4) is 0 Å². The molecule has 1 saturated heterocycles. The highest BCUT2D eigenvalue weighted by Gasteiger charge is 2.47. The highest BCUT2D eigenvalue weighted by molar-refractivity contribution is 5.87. The largest absolute Gasteiger partial charge is 0.363 e. The number of hydrogen-bond acceptors (Lipinski definition) is 6. The molecule has 2 fully saturated rings. The molecule has 1 aliphatic carbocycles. The summed E-state index contributed by atoms with van der Waals surface area (Å²) < 4.78 is 33.4. The Balaban J connectivity index is 1.36. The maximum absolute atomic E-state index is 15.8. The predicted octanol–water partition coefficient (Wildman–Crippen LogP) is 7.07. The van der Waals surface area contributed by atoms with E-state index < -0.39 is 17.3 Å². The van der Waals surface area contributed by atoms with Crippen LogP contribution in [0.5, 0.6) is 0 Å². The van der Waals surface area contributed by atoms with Crippen molar-refractivity contribution >= 4 is 16.9 Å². The minimum Gasteiger partial charge on any atom is -0.363 e. The first kappa shape index (κ1) is 29.7. The Hall–Kier alpha value is -3.38. The average molecular weight is 589 g/mol. The lowest BCUT2D eigenvalue weighted by Crippen LogP contribution is -2.40. The molecule has 7 rings (SSSR count). The second-order valence-electron chi connectivity index (χ2n) is 12.9. The molecular formula is C34H42F2N6O. The molecule has 0 amide bonds. The van der Waals surface area contributed by atoms with Gasteiger partial charge in [0.2, 0.25) is 0 Å². The third-order valence-electron chi connectivity index (χ3n) is 9.94. The molecule has 1 aromatic carbocycles. The summed E-state index contributed by atoms with van der Waals surface area (Å²) in [6, 6.07) is 10.6. The van der Waals surface area contributed by atoms with E-state index in [0.717, 1.165) is 70.1 Å². The quantitative estimate of drug-likeness (QED) is 0.327. The van der Waals surface area contributed by atoms with E-state index >= 15 is 8.78 Å². The molecule has 0 radical (unpaired) electrons. The van der Waals surface area contributed by atoms with Gasteiger partial charge in [0, 0.05) is 29.6 Å². The van der Waals surface area contributed by atoms with Gasteiger partial charge in [-0.15, -0.1) is 0 Å². The van der Waals surface area contributed by atoms with Crippen LogP contribution in [0.15, 0.2) is 41.5 Å². The number of piperidine rings is 1. The highest BCUT2D eigenvalue weighted by Crippen LogP contribution is 2.47. The van der Waals surface area contributed by atoms with Crippen LogP contribution in [0.1, 0.15) is 100 Å². The van der Waals surface area contributed by atoms with Crippen LogP contribution in [0, 0.1) is 17.2 Å². The number of fused-ring (bicyclic) bond motifs is 11. The van der Waals surface area contributed by atoms with Crippen LogP contribution >= 0.6 is 0 Å². The zero-order chi connectivity index (χ0) is 30.0. The van der Waals surface area contributed by atoms with E-state index in [0.29, 0.717) is 54.6 Å². The summed E-state index contributed by atoms with van der Waals surface area (Å²) in [5, 5.41) is 14.1. The van der Waals surface area contributed by atoms with E-state index in [4.69, 9.17) is 0 Å². The van der Waals surface area contributed by atoms with Crippen LogP contribution < -0.4 is 10.9 Å². The van der Waals surface area contributed by atoms with Crippen molar-refractivity contribution in [1.29, 1.82) is 5.26 Å². The summed E-state index contributed by atoms with van der Waals surface area (Å²) >= 11 is 0. The second kappa shape index (κ2) is 12.3. The van der Waals surface area contributed by atoms with Crippen LogP contribution in [0.4, 0.5) is 14.6 Å². The summed E-state index contributed by atoms with van der Waals surface area (Å²) in [5.74, 6) is -3.04. The third kappa shape index (κ3) is 6.04. The lowest BCUT2D eigenvalue weighted by molar-refractivity contribution is -0.0855. The van der Waals surface area contributed by atoms with Crippen molar-refractivity contribution in [2.24, 2.45) is 5.92 Å². The van der Waals surface area contributed by atoms with Gasteiger partial charge in [-0.3, -0.25) is 9.36 Å². The van der Waals surface area contributed by atoms with Gasteiger partial charge in [0.25, 0.3) is 11.5 Å². The molecule has 4 aliphatic rings. The number of rotatable bonds is 1. The normalized spacial score (nSPS) is 26.0. The number of alkyl halides is 2. The Labute approximate surface area is 252 Å². The molecule has 9 heteroatoms. The lowest BCUT2D eigenvalue weighted by atomic mass is 9.85. The molecule has 1 N–H and O–H groups in total. The molecule has 0 spiro atoms. The van der Waals surface area contributed by atoms with Crippen molar-refractivity contribution in [3.63, 3.8) is 0 Å². The zero-order valence-corrected chi connectivity index (χ0v) is 25.1. The van der Waals surface area contributed by atoms with Gasteiger partial charge >= 0.3 is 0 Å². The van der Waals surface area contributed by atoms with Crippen molar-refractivity contribution in [2.45, 2.75) is 101 Å². The van der Waals surface area contributed by atoms with E-state index in [2.05, 4.69) is 26.3 Å². The Morgan fingerprint density at radius 2 is 1.65 bits per heavy atom. The van der Waals surface area contributed by atoms with Crippen LogP contribution in [-0.4, -0.2) is 39.1 Å². The summed E-state index contributed by atoms with van der Waals surface area (Å²) in [7, 11) is 0. The SMILES string of the molecule is C[C@H]1Nc2ncnc3c2cc(C2(C#N)CC2)c(=O)n3CCCCCCCCCN2CCC(CC2)C(F)(F)c2cccc1c2. The Bertz CT molecular complexity index is 1550. The van der Waals surface area contributed by atoms with Crippen molar-refractivity contribution in [3.05, 3.63) is 63.7 Å². The van der Waals surface area contributed by atoms with Crippen LogP contribution in [-0.2, 0) is 17.9 Å². The molecule has 228 valence electrons. The summed E-state index contributed by atoms with van der Waals surface area (Å²) in [4.78, 5) is 25.1. The van der Waals surface area contributed by atoms with Gasteiger partial charge in [-0.25, -0.2) is 18.7 Å². The molecule has 3 aliphatic heterocycles. The molecule has 1 atom stereocenters. The van der Waals surface area contributed by atoms with E-state index in [1.165, 1.54) is 6.33 Å². The number of nitrogens with zero attached hydrogens (tertiary/aromatic N) is 5. The lowest BCUT2D eigenvalue weighted by Gasteiger charge is -2.36. The molecule has 8 bridgehead atoms. The molecule has 0 unspecified atom stereocenters. The number of aryl methyl sites for hydroxylation is 1. The Morgan fingerprint density at radius 3 is 2.35 bits per heavy atom. The van der Waals surface area contributed by atoms with Gasteiger partial charge < -0.3 is 10.2 Å². The number of halogens is 2. The fraction of sp³-hybridized carbons (Fsp3) is 0.588. The van der Waals surface area contributed by atoms with Crippen LogP contribution in [0.25, 0.3) is 11.0 Å². The van der Waals surface area contributed by atoms with E-state index in [1.807, 2.05) is 13.0 Å². The summed E-state index contributed by atoms with van der Waals surface area (Å²) in [6.07, 6.45) is 11.3. The molecule has 3 aromatic rings. The van der Waals surface area contributed by atoms with E-state index in [-0.39, 0.29) is 17.2 Å². The fourth-order valence-corrected chi connectivity index (χ4v) is 6.96. The number of nitriles is 1. The smallest absolute Gasteiger partial charge is 0.276 e. The average Bonchev–Trinajstić information content (AvgIpc) is 3.82. The third-order valence-corrected chi connectivity index (χ3v) is 9.94. The first-order valence-corrected chi connectivity index (χ1v) is 16.1. The summed E-state index contributed by atoms with van der Waals surface area (Å²) in [6.45, 7) is 4.91. The number of nitrogens with one attached hydrogen (secondary N) is 1. The van der Waals surface area contributed by atoms with Crippen molar-refractivity contribution < 1.29 is 8.78 Å². The number of anilines is 1. The van der Waals surface area contributed by atoms with Crippen LogP contribution in [0.2, 0.25) is 0 Å². The van der Waals surface area contributed by atoms with Crippen molar-refractivity contribution in [1.82, 2.24) is 19.4 Å². The molecule has 2 aromatic heterocycles. The molecular weight excluding hydrogens is 546 g/mol. The van der Waals surface area contributed by atoms with Gasteiger partial charge in [-0.2, -0.15) is 5.26 Å². The van der Waals surface area contributed by atoms with Gasteiger partial charge in [0.15, 0.2) is 0 Å². The fourth-order valence-electron chi connectivity index (χ4n) is 6.96. The highest BCUT2D eigenvalue weighted by atomic mass is 19.3. The van der Waals surface area contributed by atoms with Crippen molar-refractivity contribution in [3.8, 4) is 6.07 Å². The summed E-state index contributed by atoms with van der Waals surface area (Å²) in [5.41, 5.74) is 0.940. The standard InChI is InChI=1S/C34H42F2N6O/c1-24-25-10-9-11-27(20-25)34(35,36)26-12-18-41(19-13-26)16-7-5-3-2-4-6-8-17-42-31-28(30(40-24)38-23-39-31)21-29(32(42)43)33(22-37)14-15-33/h9-11,20-21,23-24,26H,2-8,12-19H2,1H3,(H,38,39,40)/t24-/m1/s1. The number of aromatic nitrogens is 3. The van der Waals surface area contributed by atoms with Gasteiger partial charge in [0.1, 0.15) is 17.8 Å². The maximum atomic E-state index is 15.8. The van der Waals surface area contributed by atoms with E-state index in [9.17, 15) is 10.1 Å². The van der Waals surface area contributed by atoms with E-state index in [1.54, 1.807) is 28.8 Å².